The number of carboxylic acids is 1. The number of aliphatic imine (C=N–C) groups is 1. The molecule has 1 N–H and O–H groups in total. The Kier molecular flexibility index (Phi) is 6.18. The lowest BCUT2D eigenvalue weighted by Crippen LogP contribution is -2.30. The first kappa shape index (κ1) is 20.4. The van der Waals surface area contributed by atoms with Crippen molar-refractivity contribution in [3.63, 3.8) is 0 Å². The van der Waals surface area contributed by atoms with Gasteiger partial charge in [0, 0.05) is 19.2 Å². The number of ether oxygens (including phenoxy) is 1. The molecule has 1 atom stereocenters. The molecule has 3 rings (SSSR count). The van der Waals surface area contributed by atoms with Gasteiger partial charge in [0.1, 0.15) is 16.7 Å². The van der Waals surface area contributed by atoms with Gasteiger partial charge in [-0.15, -0.1) is 0 Å². The normalized spacial score (nSPS) is 17.4. The number of benzene rings is 2. The number of carbonyl (C=O) groups excluding carboxylic acids is 3. The molecule has 2 aromatic rings. The van der Waals surface area contributed by atoms with Crippen molar-refractivity contribution < 1.29 is 24.2 Å². The van der Waals surface area contributed by atoms with Crippen LogP contribution in [0, 0.1) is 0 Å². The predicted octanol–water partition coefficient (Wildman–Crippen LogP) is 1.65. The maximum atomic E-state index is 12.5. The third-order valence-electron chi connectivity index (χ3n) is 4.19. The summed E-state index contributed by atoms with van der Waals surface area (Å²) in [5.41, 5.74) is 0.866. The number of aromatic carboxylic acids is 1. The molecule has 8 nitrogen and oxygen atoms in total. The fourth-order valence-electron chi connectivity index (χ4n) is 2.73. The van der Waals surface area contributed by atoms with Gasteiger partial charge < -0.3 is 20.0 Å². The zero-order valence-electron chi connectivity index (χ0n) is 15.7. The summed E-state index contributed by atoms with van der Waals surface area (Å²) >= 11 is 1.19. The highest BCUT2D eigenvalue weighted by Gasteiger charge is 2.37. The molecule has 0 saturated carbocycles. The van der Waals surface area contributed by atoms with Gasteiger partial charge in [0.15, 0.2) is 5.17 Å². The van der Waals surface area contributed by atoms with E-state index in [1.54, 1.807) is 25.2 Å². The largest absolute Gasteiger partial charge is 0.545 e. The molecule has 1 saturated heterocycles. The number of methoxy groups -OCH3 is 1. The highest BCUT2D eigenvalue weighted by atomic mass is 32.2. The average Bonchev–Trinajstić information content (AvgIpc) is 2.96. The van der Waals surface area contributed by atoms with Crippen LogP contribution in [0.15, 0.2) is 53.5 Å². The minimum atomic E-state index is -1.33. The first-order chi connectivity index (χ1) is 13.9. The third-order valence-corrected chi connectivity index (χ3v) is 5.42. The second-order valence-electron chi connectivity index (χ2n) is 6.19. The maximum Gasteiger partial charge on any atom is 0.242 e. The number of amides is 2. The molecule has 0 aromatic heterocycles. The third kappa shape index (κ3) is 4.75. The summed E-state index contributed by atoms with van der Waals surface area (Å²) in [6, 6.07) is 12.9. The van der Waals surface area contributed by atoms with Crippen molar-refractivity contribution in [3.8, 4) is 5.75 Å². The second-order valence-corrected chi connectivity index (χ2v) is 7.36. The lowest BCUT2D eigenvalue weighted by atomic mass is 10.2. The number of hydrogen-bond acceptors (Lipinski definition) is 7. The van der Waals surface area contributed by atoms with E-state index in [1.807, 2.05) is 12.1 Å². The van der Waals surface area contributed by atoms with Crippen LogP contribution in [-0.2, 0) is 9.59 Å². The van der Waals surface area contributed by atoms with Crippen molar-refractivity contribution in [1.82, 2.24) is 4.90 Å². The van der Waals surface area contributed by atoms with Gasteiger partial charge in [-0.3, -0.25) is 14.5 Å². The molecular formula is C20H18N3O5S-. The van der Waals surface area contributed by atoms with Crippen LogP contribution < -0.4 is 15.2 Å². The number of nitrogens with one attached hydrogen (secondary N) is 1. The average molecular weight is 412 g/mol. The number of thioether (sulfide) groups is 1. The van der Waals surface area contributed by atoms with E-state index in [-0.39, 0.29) is 17.9 Å². The Bertz CT molecular complexity index is 992. The van der Waals surface area contributed by atoms with Gasteiger partial charge >= 0.3 is 0 Å². The van der Waals surface area contributed by atoms with E-state index in [9.17, 15) is 19.5 Å². The van der Waals surface area contributed by atoms with Crippen LogP contribution in [0.25, 0.3) is 0 Å². The molecule has 150 valence electrons. The molecule has 1 heterocycles. The van der Waals surface area contributed by atoms with Crippen LogP contribution in [0.3, 0.4) is 0 Å². The zero-order valence-corrected chi connectivity index (χ0v) is 16.6. The monoisotopic (exact) mass is 412 g/mol. The summed E-state index contributed by atoms with van der Waals surface area (Å²) in [5.74, 6) is -1.39. The molecule has 1 aliphatic heterocycles. The van der Waals surface area contributed by atoms with E-state index in [4.69, 9.17) is 4.74 Å². The number of carbonyl (C=O) groups is 3. The number of rotatable bonds is 6. The number of hydrogen-bond donors (Lipinski definition) is 1. The van der Waals surface area contributed by atoms with Crippen molar-refractivity contribution in [2.24, 2.45) is 4.99 Å². The van der Waals surface area contributed by atoms with Gasteiger partial charge in [-0.1, -0.05) is 36.0 Å². The number of carboxylic acid groups (broad SMARTS) is 1. The zero-order chi connectivity index (χ0) is 21.0. The Morgan fingerprint density at radius 2 is 2.00 bits per heavy atom. The molecule has 29 heavy (non-hydrogen) atoms. The highest BCUT2D eigenvalue weighted by molar-refractivity contribution is 8.15. The van der Waals surface area contributed by atoms with Gasteiger partial charge in [-0.05, 0) is 29.8 Å². The van der Waals surface area contributed by atoms with Gasteiger partial charge in [-0.2, -0.15) is 0 Å². The molecule has 1 fully saturated rings. The Morgan fingerprint density at radius 3 is 2.72 bits per heavy atom. The molecular weight excluding hydrogens is 394 g/mol. The number of para-hydroxylation sites is 2. The number of amidine groups is 1. The van der Waals surface area contributed by atoms with Gasteiger partial charge in [0.25, 0.3) is 0 Å². The first-order valence-electron chi connectivity index (χ1n) is 8.66. The number of anilines is 1. The minimum Gasteiger partial charge on any atom is -0.545 e. The molecule has 9 heteroatoms. The molecule has 0 unspecified atom stereocenters. The summed E-state index contributed by atoms with van der Waals surface area (Å²) in [4.78, 5) is 41.7. The van der Waals surface area contributed by atoms with Crippen LogP contribution in [0.2, 0.25) is 0 Å². The van der Waals surface area contributed by atoms with Crippen LogP contribution >= 0.6 is 11.8 Å². The van der Waals surface area contributed by atoms with E-state index in [2.05, 4.69) is 10.3 Å². The Balaban J connectivity index is 1.70. The molecule has 0 spiro atoms. The Labute approximate surface area is 171 Å². The highest BCUT2D eigenvalue weighted by Crippen LogP contribution is 2.33. The molecule has 0 radical (unpaired) electrons. The van der Waals surface area contributed by atoms with Gasteiger partial charge in [0.2, 0.25) is 11.8 Å². The molecule has 2 aromatic carbocycles. The van der Waals surface area contributed by atoms with Crippen LogP contribution in [0.5, 0.6) is 5.75 Å². The summed E-state index contributed by atoms with van der Waals surface area (Å²) in [6.07, 6.45) is -0.0751. The quantitative estimate of drug-likeness (QED) is 0.772. The SMILES string of the molecule is COc1ccccc1N=C1S[C@@H](CC(=O)Nc2cccc(C(=O)[O-])c2)C(=O)N1C. The Hall–Kier alpha value is -3.33. The van der Waals surface area contributed by atoms with Gasteiger partial charge in [-0.25, -0.2) is 4.99 Å². The predicted molar refractivity (Wildman–Crippen MR) is 108 cm³/mol. The summed E-state index contributed by atoms with van der Waals surface area (Å²) in [5, 5.41) is 13.4. The topological polar surface area (TPSA) is 111 Å². The van der Waals surface area contributed by atoms with E-state index in [0.717, 1.165) is 0 Å². The Morgan fingerprint density at radius 1 is 1.24 bits per heavy atom. The summed E-state index contributed by atoms with van der Waals surface area (Å²) in [7, 11) is 3.14. The lowest BCUT2D eigenvalue weighted by molar-refractivity contribution is -0.255. The first-order valence-corrected chi connectivity index (χ1v) is 9.54. The lowest BCUT2D eigenvalue weighted by Gasteiger charge is -2.10. The van der Waals surface area contributed by atoms with Crippen molar-refractivity contribution in [1.29, 1.82) is 0 Å². The van der Waals surface area contributed by atoms with Crippen molar-refractivity contribution in [2.45, 2.75) is 11.7 Å². The van der Waals surface area contributed by atoms with Crippen molar-refractivity contribution in [3.05, 3.63) is 54.1 Å². The fourth-order valence-corrected chi connectivity index (χ4v) is 3.87. The standard InChI is InChI=1S/C20H19N3O5S/c1-23-18(25)16(29-20(23)22-14-8-3-4-9-15(14)28-2)11-17(24)21-13-7-5-6-12(10-13)19(26)27/h3-10,16H,11H2,1-2H3,(H,21,24)(H,26,27)/p-1/t16-/m0/s1. The van der Waals surface area contributed by atoms with E-state index in [0.29, 0.717) is 22.3 Å². The second kappa shape index (κ2) is 8.78. The van der Waals surface area contributed by atoms with E-state index < -0.39 is 17.1 Å². The van der Waals surface area contributed by atoms with E-state index in [1.165, 1.54) is 42.0 Å². The van der Waals surface area contributed by atoms with Crippen LogP contribution in [0.4, 0.5) is 11.4 Å². The van der Waals surface area contributed by atoms with Crippen LogP contribution in [0.1, 0.15) is 16.8 Å². The smallest absolute Gasteiger partial charge is 0.242 e. The van der Waals surface area contributed by atoms with Crippen LogP contribution in [-0.4, -0.2) is 47.3 Å². The fraction of sp³-hybridized carbons (Fsp3) is 0.200. The van der Waals surface area contributed by atoms with Crippen molar-refractivity contribution >= 4 is 46.1 Å². The molecule has 1 aliphatic rings. The molecule has 2 amide bonds. The number of nitrogens with zero attached hydrogens (tertiary/aromatic N) is 2. The van der Waals surface area contributed by atoms with E-state index >= 15 is 0 Å². The minimum absolute atomic E-state index is 0.0416. The maximum absolute atomic E-state index is 12.5. The van der Waals surface area contributed by atoms with Crippen molar-refractivity contribution in [2.75, 3.05) is 19.5 Å². The molecule has 0 bridgehead atoms. The summed E-state index contributed by atoms with van der Waals surface area (Å²) in [6.45, 7) is 0. The summed E-state index contributed by atoms with van der Waals surface area (Å²) < 4.78 is 5.27. The van der Waals surface area contributed by atoms with Gasteiger partial charge in [0.05, 0.1) is 13.1 Å². The molecule has 0 aliphatic carbocycles.